The number of hydrogen-bond donors (Lipinski definition) is 1. The van der Waals surface area contributed by atoms with Gasteiger partial charge in [0.25, 0.3) is 0 Å². The van der Waals surface area contributed by atoms with E-state index in [0.29, 0.717) is 18.7 Å². The van der Waals surface area contributed by atoms with Crippen LogP contribution in [0.4, 0.5) is 10.1 Å². The smallest absolute Gasteiger partial charge is 0.211 e. The van der Waals surface area contributed by atoms with Crippen molar-refractivity contribution in [1.82, 2.24) is 4.72 Å². The van der Waals surface area contributed by atoms with Gasteiger partial charge in [0.2, 0.25) is 10.0 Å². The third-order valence-electron chi connectivity index (χ3n) is 4.29. The second kappa shape index (κ2) is 7.32. The molecule has 0 spiro atoms. The van der Waals surface area contributed by atoms with Crippen molar-refractivity contribution >= 4 is 15.7 Å². The summed E-state index contributed by atoms with van der Waals surface area (Å²) >= 11 is 0. The Hall–Kier alpha value is -1.92. The number of para-hydroxylation sites is 1. The predicted molar refractivity (Wildman–Crippen MR) is 94.3 cm³/mol. The van der Waals surface area contributed by atoms with E-state index < -0.39 is 10.0 Å². The van der Waals surface area contributed by atoms with Crippen LogP contribution in [0.25, 0.3) is 0 Å². The largest absolute Gasteiger partial charge is 0.370 e. The molecule has 0 radical (unpaired) electrons. The van der Waals surface area contributed by atoms with Crippen LogP contribution >= 0.6 is 0 Å². The van der Waals surface area contributed by atoms with Gasteiger partial charge in [-0.25, -0.2) is 17.5 Å². The Morgan fingerprint density at radius 1 is 1.08 bits per heavy atom. The van der Waals surface area contributed by atoms with Crippen LogP contribution in [-0.4, -0.2) is 33.8 Å². The van der Waals surface area contributed by atoms with Crippen molar-refractivity contribution in [2.24, 2.45) is 0 Å². The fraction of sp³-hybridized carbons (Fsp3) is 0.333. The monoisotopic (exact) mass is 348 g/mol. The lowest BCUT2D eigenvalue weighted by atomic mass is 10.2. The first-order valence-corrected chi connectivity index (χ1v) is 9.74. The zero-order valence-electron chi connectivity index (χ0n) is 13.4. The Labute approximate surface area is 142 Å². The summed E-state index contributed by atoms with van der Waals surface area (Å²) in [4.78, 5) is 2.19. The standard InChI is InChI=1S/C18H21FN2O2S/c19-17-7-3-1-5-15(17)10-14-24(22,23)20-11-13-21-12-9-16-6-2-4-8-18(16)21/h1-8,20H,9-14H2. The molecule has 4 nitrogen and oxygen atoms in total. The summed E-state index contributed by atoms with van der Waals surface area (Å²) < 4.78 is 40.3. The first-order valence-electron chi connectivity index (χ1n) is 8.09. The van der Waals surface area contributed by atoms with E-state index in [2.05, 4.69) is 21.8 Å². The lowest BCUT2D eigenvalue weighted by molar-refractivity contribution is 0.577. The Balaban J connectivity index is 1.49. The maximum absolute atomic E-state index is 13.5. The molecule has 1 aliphatic heterocycles. The molecule has 6 heteroatoms. The number of benzene rings is 2. The fourth-order valence-electron chi connectivity index (χ4n) is 2.99. The van der Waals surface area contributed by atoms with Gasteiger partial charge in [-0.05, 0) is 36.1 Å². The second-order valence-electron chi connectivity index (χ2n) is 5.92. The molecule has 0 aliphatic carbocycles. The first kappa shape index (κ1) is 16.9. The molecule has 3 rings (SSSR count). The van der Waals surface area contributed by atoms with Crippen molar-refractivity contribution < 1.29 is 12.8 Å². The number of nitrogens with one attached hydrogen (secondary N) is 1. The van der Waals surface area contributed by atoms with Crippen molar-refractivity contribution in [3.63, 3.8) is 0 Å². The predicted octanol–water partition coefficient (Wildman–Crippen LogP) is 2.35. The second-order valence-corrected chi connectivity index (χ2v) is 7.85. The van der Waals surface area contributed by atoms with Crippen molar-refractivity contribution in [3.05, 3.63) is 65.5 Å². The minimum absolute atomic E-state index is 0.107. The molecule has 2 aromatic rings. The number of rotatable bonds is 7. The zero-order chi connectivity index (χ0) is 17.0. The van der Waals surface area contributed by atoms with E-state index in [0.717, 1.165) is 13.0 Å². The zero-order valence-corrected chi connectivity index (χ0v) is 14.2. The van der Waals surface area contributed by atoms with Gasteiger partial charge in [0, 0.05) is 25.3 Å². The third kappa shape index (κ3) is 4.13. The molecular weight excluding hydrogens is 327 g/mol. The Kier molecular flexibility index (Phi) is 5.16. The maximum Gasteiger partial charge on any atom is 0.211 e. The molecule has 2 aromatic carbocycles. The highest BCUT2D eigenvalue weighted by molar-refractivity contribution is 7.89. The quantitative estimate of drug-likeness (QED) is 0.836. The molecule has 1 aliphatic rings. The van der Waals surface area contributed by atoms with E-state index in [1.807, 2.05) is 12.1 Å². The van der Waals surface area contributed by atoms with Crippen molar-refractivity contribution in [2.75, 3.05) is 30.3 Å². The lowest BCUT2D eigenvalue weighted by Crippen LogP contribution is -2.35. The molecule has 0 aromatic heterocycles. The fourth-order valence-corrected chi connectivity index (χ4v) is 4.03. The molecule has 0 saturated heterocycles. The van der Waals surface area contributed by atoms with Crippen molar-refractivity contribution in [1.29, 1.82) is 0 Å². The van der Waals surface area contributed by atoms with Crippen LogP contribution < -0.4 is 9.62 Å². The van der Waals surface area contributed by atoms with Crippen LogP contribution in [0.2, 0.25) is 0 Å². The lowest BCUT2D eigenvalue weighted by Gasteiger charge is -2.19. The highest BCUT2D eigenvalue weighted by atomic mass is 32.2. The van der Waals surface area contributed by atoms with E-state index in [-0.39, 0.29) is 18.0 Å². The van der Waals surface area contributed by atoms with Crippen LogP contribution in [0, 0.1) is 5.82 Å². The summed E-state index contributed by atoms with van der Waals surface area (Å²) in [7, 11) is -3.41. The van der Waals surface area contributed by atoms with Gasteiger partial charge in [-0.3, -0.25) is 0 Å². The van der Waals surface area contributed by atoms with Gasteiger partial charge in [-0.15, -0.1) is 0 Å². The van der Waals surface area contributed by atoms with Crippen LogP contribution in [0.1, 0.15) is 11.1 Å². The molecule has 0 saturated carbocycles. The third-order valence-corrected chi connectivity index (χ3v) is 5.67. The highest BCUT2D eigenvalue weighted by Crippen LogP contribution is 2.26. The van der Waals surface area contributed by atoms with Crippen LogP contribution in [-0.2, 0) is 22.9 Å². The van der Waals surface area contributed by atoms with Gasteiger partial charge in [-0.2, -0.15) is 0 Å². The van der Waals surface area contributed by atoms with Gasteiger partial charge in [-0.1, -0.05) is 36.4 Å². The molecule has 0 bridgehead atoms. The summed E-state index contributed by atoms with van der Waals surface area (Å²) in [6, 6.07) is 14.5. The van der Waals surface area contributed by atoms with Crippen LogP contribution in [0.5, 0.6) is 0 Å². The van der Waals surface area contributed by atoms with Gasteiger partial charge in [0.05, 0.1) is 5.75 Å². The maximum atomic E-state index is 13.5. The number of aryl methyl sites for hydroxylation is 1. The van der Waals surface area contributed by atoms with Gasteiger partial charge >= 0.3 is 0 Å². The van der Waals surface area contributed by atoms with E-state index >= 15 is 0 Å². The Bertz CT molecular complexity index is 808. The molecule has 0 fully saturated rings. The van der Waals surface area contributed by atoms with Crippen LogP contribution in [0.15, 0.2) is 48.5 Å². The minimum Gasteiger partial charge on any atom is -0.370 e. The van der Waals surface area contributed by atoms with E-state index in [4.69, 9.17) is 0 Å². The average molecular weight is 348 g/mol. The van der Waals surface area contributed by atoms with Crippen LogP contribution in [0.3, 0.4) is 0 Å². The molecule has 128 valence electrons. The van der Waals surface area contributed by atoms with E-state index in [1.165, 1.54) is 17.3 Å². The van der Waals surface area contributed by atoms with Gasteiger partial charge in [0.1, 0.15) is 5.82 Å². The normalized spacial score (nSPS) is 14.0. The number of nitrogens with zero attached hydrogens (tertiary/aromatic N) is 1. The van der Waals surface area contributed by atoms with Crippen molar-refractivity contribution in [2.45, 2.75) is 12.8 Å². The van der Waals surface area contributed by atoms with Crippen molar-refractivity contribution in [3.8, 4) is 0 Å². The van der Waals surface area contributed by atoms with E-state index in [9.17, 15) is 12.8 Å². The summed E-state index contributed by atoms with van der Waals surface area (Å²) in [5.74, 6) is -0.466. The molecule has 0 unspecified atom stereocenters. The molecule has 1 N–H and O–H groups in total. The molecular formula is C18H21FN2O2S. The van der Waals surface area contributed by atoms with E-state index in [1.54, 1.807) is 18.2 Å². The SMILES string of the molecule is O=S(=O)(CCc1ccccc1F)NCCN1CCc2ccccc21. The number of halogens is 1. The Morgan fingerprint density at radius 2 is 1.83 bits per heavy atom. The number of anilines is 1. The van der Waals surface area contributed by atoms with Gasteiger partial charge < -0.3 is 4.90 Å². The molecule has 0 amide bonds. The minimum atomic E-state index is -3.41. The first-order chi connectivity index (χ1) is 11.6. The molecule has 24 heavy (non-hydrogen) atoms. The number of sulfonamides is 1. The average Bonchev–Trinajstić information content (AvgIpc) is 2.97. The number of fused-ring (bicyclic) bond motifs is 1. The summed E-state index contributed by atoms with van der Waals surface area (Å²) in [6.45, 7) is 1.90. The summed E-state index contributed by atoms with van der Waals surface area (Å²) in [6.07, 6.45) is 1.17. The Morgan fingerprint density at radius 3 is 2.67 bits per heavy atom. The molecule has 1 heterocycles. The molecule has 0 atom stereocenters. The number of hydrogen-bond acceptors (Lipinski definition) is 3. The topological polar surface area (TPSA) is 49.4 Å². The summed E-state index contributed by atoms with van der Waals surface area (Å²) in [5.41, 5.74) is 2.92. The highest BCUT2D eigenvalue weighted by Gasteiger charge is 2.18. The summed E-state index contributed by atoms with van der Waals surface area (Å²) in [5, 5.41) is 0. The van der Waals surface area contributed by atoms with Gasteiger partial charge in [0.15, 0.2) is 0 Å².